The second kappa shape index (κ2) is 9.46. The standard InChI is InChI=1S/C23H25F3N2OS2/c24-23(25,26)22(10-11-28(16-22)15-17-6-2-1-3-7-17)21(29)27-19-9-4-8-18(14-19)20-30-12-5-13-31-20/h1-4,6-9,14,20H,5,10-13,15-16H2,(H,27,29). The van der Waals surface area contributed by atoms with Crippen LogP contribution in [0.2, 0.25) is 0 Å². The molecule has 2 saturated heterocycles. The van der Waals surface area contributed by atoms with Crippen LogP contribution in [0.15, 0.2) is 54.6 Å². The summed E-state index contributed by atoms with van der Waals surface area (Å²) in [5.41, 5.74) is 0.00715. The van der Waals surface area contributed by atoms with Crippen LogP contribution in [0.3, 0.4) is 0 Å². The van der Waals surface area contributed by atoms with Crippen molar-refractivity contribution < 1.29 is 18.0 Å². The monoisotopic (exact) mass is 466 g/mol. The first kappa shape index (κ1) is 22.6. The summed E-state index contributed by atoms with van der Waals surface area (Å²) in [5.74, 6) is 1.18. The SMILES string of the molecule is O=C(Nc1cccc(C2SCCCS2)c1)C1(C(F)(F)F)CCN(Cc2ccccc2)C1. The van der Waals surface area contributed by atoms with Crippen molar-refractivity contribution in [3.05, 3.63) is 65.7 Å². The summed E-state index contributed by atoms with van der Waals surface area (Å²) in [5, 5.41) is 2.59. The van der Waals surface area contributed by atoms with Gasteiger partial charge in [-0.05, 0) is 54.2 Å². The van der Waals surface area contributed by atoms with E-state index in [0.717, 1.165) is 29.1 Å². The van der Waals surface area contributed by atoms with Gasteiger partial charge < -0.3 is 5.32 Å². The Morgan fingerprint density at radius 3 is 2.55 bits per heavy atom. The van der Waals surface area contributed by atoms with Crippen molar-refractivity contribution in [3.8, 4) is 0 Å². The number of carbonyl (C=O) groups excluding carboxylic acids is 1. The molecule has 1 amide bonds. The average Bonchev–Trinajstić information content (AvgIpc) is 3.21. The number of benzene rings is 2. The highest BCUT2D eigenvalue weighted by Gasteiger charge is 2.63. The van der Waals surface area contributed by atoms with E-state index >= 15 is 0 Å². The molecule has 1 atom stereocenters. The molecule has 0 aromatic heterocycles. The molecule has 2 aromatic rings. The smallest absolute Gasteiger partial charge is 0.325 e. The van der Waals surface area contributed by atoms with E-state index in [1.807, 2.05) is 66.0 Å². The molecule has 3 nitrogen and oxygen atoms in total. The number of halogens is 3. The number of rotatable bonds is 5. The van der Waals surface area contributed by atoms with E-state index in [2.05, 4.69) is 5.32 Å². The maximum atomic E-state index is 14.2. The largest absolute Gasteiger partial charge is 0.404 e. The molecule has 0 aliphatic carbocycles. The summed E-state index contributed by atoms with van der Waals surface area (Å²) in [7, 11) is 0. The van der Waals surface area contributed by atoms with Crippen LogP contribution >= 0.6 is 23.5 Å². The van der Waals surface area contributed by atoms with Crippen molar-refractivity contribution in [1.29, 1.82) is 0 Å². The highest BCUT2D eigenvalue weighted by atomic mass is 32.2. The fourth-order valence-corrected chi connectivity index (χ4v) is 6.98. The Balaban J connectivity index is 1.49. The van der Waals surface area contributed by atoms with Crippen molar-refractivity contribution in [3.63, 3.8) is 0 Å². The summed E-state index contributed by atoms with van der Waals surface area (Å²) in [6, 6.07) is 16.6. The number of thioether (sulfide) groups is 2. The maximum absolute atomic E-state index is 14.2. The third-order valence-corrected chi connectivity index (χ3v) is 8.83. The third kappa shape index (κ3) is 5.07. The highest BCUT2D eigenvalue weighted by molar-refractivity contribution is 8.16. The molecule has 2 aliphatic heterocycles. The Kier molecular flexibility index (Phi) is 6.89. The molecule has 0 saturated carbocycles. The van der Waals surface area contributed by atoms with E-state index in [-0.39, 0.29) is 24.1 Å². The first-order valence-corrected chi connectivity index (χ1v) is 12.4. The number of alkyl halides is 3. The fourth-order valence-electron chi connectivity index (χ4n) is 4.10. The molecular formula is C23H25F3N2OS2. The molecule has 2 aliphatic rings. The molecule has 31 heavy (non-hydrogen) atoms. The Hall–Kier alpha value is -1.64. The summed E-state index contributed by atoms with van der Waals surface area (Å²) < 4.78 is 42.7. The molecule has 166 valence electrons. The Bertz CT molecular complexity index is 903. The lowest BCUT2D eigenvalue weighted by molar-refractivity contribution is -0.215. The fraction of sp³-hybridized carbons (Fsp3) is 0.435. The van der Waals surface area contributed by atoms with Crippen molar-refractivity contribution in [2.45, 2.75) is 30.1 Å². The Labute approximate surface area is 189 Å². The minimum absolute atomic E-state index is 0.233. The first-order valence-electron chi connectivity index (χ1n) is 10.3. The van der Waals surface area contributed by atoms with Crippen LogP contribution in [0.5, 0.6) is 0 Å². The third-order valence-electron chi connectivity index (χ3n) is 5.82. The minimum atomic E-state index is -4.62. The number of hydrogen-bond acceptors (Lipinski definition) is 4. The zero-order chi connectivity index (χ0) is 21.9. The number of anilines is 1. The summed E-state index contributed by atoms with van der Waals surface area (Å²) in [4.78, 5) is 14.7. The zero-order valence-electron chi connectivity index (χ0n) is 17.0. The van der Waals surface area contributed by atoms with Crippen LogP contribution in [0.25, 0.3) is 0 Å². The van der Waals surface area contributed by atoms with Gasteiger partial charge in [0.15, 0.2) is 5.41 Å². The quantitative estimate of drug-likeness (QED) is 0.590. The summed E-state index contributed by atoms with van der Waals surface area (Å²) in [6.45, 7) is 0.306. The van der Waals surface area contributed by atoms with Crippen molar-refractivity contribution in [2.24, 2.45) is 5.41 Å². The van der Waals surface area contributed by atoms with Crippen LogP contribution in [0.1, 0.15) is 28.6 Å². The van der Waals surface area contributed by atoms with Crippen LogP contribution in [-0.2, 0) is 11.3 Å². The second-order valence-electron chi connectivity index (χ2n) is 8.03. The summed E-state index contributed by atoms with van der Waals surface area (Å²) in [6.07, 6.45) is -3.69. The first-order chi connectivity index (χ1) is 14.9. The van der Waals surface area contributed by atoms with Gasteiger partial charge in [-0.15, -0.1) is 23.5 Å². The molecule has 2 heterocycles. The van der Waals surface area contributed by atoms with E-state index in [1.165, 1.54) is 0 Å². The van der Waals surface area contributed by atoms with Gasteiger partial charge in [-0.3, -0.25) is 9.69 Å². The van der Waals surface area contributed by atoms with Gasteiger partial charge in [-0.1, -0.05) is 42.5 Å². The lowest BCUT2D eigenvalue weighted by Gasteiger charge is -2.31. The average molecular weight is 467 g/mol. The minimum Gasteiger partial charge on any atom is -0.325 e. The lowest BCUT2D eigenvalue weighted by Crippen LogP contribution is -2.49. The number of hydrogen-bond donors (Lipinski definition) is 1. The molecule has 1 unspecified atom stereocenters. The van der Waals surface area contributed by atoms with E-state index < -0.39 is 17.5 Å². The molecule has 8 heteroatoms. The van der Waals surface area contributed by atoms with Crippen LogP contribution < -0.4 is 5.32 Å². The number of nitrogens with one attached hydrogen (secondary N) is 1. The molecule has 4 rings (SSSR count). The van der Waals surface area contributed by atoms with Gasteiger partial charge in [-0.2, -0.15) is 13.2 Å². The van der Waals surface area contributed by atoms with Crippen molar-refractivity contribution >= 4 is 35.1 Å². The van der Waals surface area contributed by atoms with Gasteiger partial charge in [-0.25, -0.2) is 0 Å². The molecule has 0 spiro atoms. The van der Waals surface area contributed by atoms with Crippen LogP contribution in [0.4, 0.5) is 18.9 Å². The molecule has 2 aromatic carbocycles. The zero-order valence-corrected chi connectivity index (χ0v) is 18.7. The molecule has 0 bridgehead atoms. The van der Waals surface area contributed by atoms with E-state index in [4.69, 9.17) is 0 Å². The van der Waals surface area contributed by atoms with Gasteiger partial charge in [0.2, 0.25) is 5.91 Å². The second-order valence-corrected chi connectivity index (χ2v) is 10.8. The van der Waals surface area contributed by atoms with Gasteiger partial charge in [0.1, 0.15) is 0 Å². The number of likely N-dealkylation sites (tertiary alicyclic amines) is 1. The topological polar surface area (TPSA) is 32.3 Å². The van der Waals surface area contributed by atoms with Crippen LogP contribution in [-0.4, -0.2) is 41.6 Å². The normalized spacial score (nSPS) is 23.1. The van der Waals surface area contributed by atoms with Gasteiger partial charge in [0.25, 0.3) is 0 Å². The maximum Gasteiger partial charge on any atom is 0.404 e. The number of nitrogens with zero attached hydrogens (tertiary/aromatic N) is 1. The van der Waals surface area contributed by atoms with E-state index in [1.54, 1.807) is 17.0 Å². The van der Waals surface area contributed by atoms with Crippen molar-refractivity contribution in [1.82, 2.24) is 4.90 Å². The lowest BCUT2D eigenvalue weighted by atomic mass is 9.85. The molecule has 1 N–H and O–H groups in total. The number of amides is 1. The van der Waals surface area contributed by atoms with Crippen molar-refractivity contribution in [2.75, 3.05) is 29.9 Å². The van der Waals surface area contributed by atoms with Gasteiger partial charge in [0.05, 0.1) is 4.58 Å². The molecule has 0 radical (unpaired) electrons. The predicted molar refractivity (Wildman–Crippen MR) is 122 cm³/mol. The van der Waals surface area contributed by atoms with E-state index in [9.17, 15) is 18.0 Å². The highest BCUT2D eigenvalue weighted by Crippen LogP contribution is 2.47. The molecule has 2 fully saturated rings. The molecular weight excluding hydrogens is 441 g/mol. The predicted octanol–water partition coefficient (Wildman–Crippen LogP) is 5.95. The van der Waals surface area contributed by atoms with Gasteiger partial charge >= 0.3 is 6.18 Å². The Morgan fingerprint density at radius 1 is 1.10 bits per heavy atom. The van der Waals surface area contributed by atoms with Crippen LogP contribution in [0, 0.1) is 5.41 Å². The summed E-state index contributed by atoms with van der Waals surface area (Å²) >= 11 is 3.67. The van der Waals surface area contributed by atoms with E-state index in [0.29, 0.717) is 12.2 Å². The Morgan fingerprint density at radius 2 is 1.84 bits per heavy atom. The van der Waals surface area contributed by atoms with Gasteiger partial charge in [0, 0.05) is 18.8 Å². The number of carbonyl (C=O) groups is 1.